The molecule has 0 aliphatic rings. The predicted molar refractivity (Wildman–Crippen MR) is 64.6 cm³/mol. The van der Waals surface area contributed by atoms with Crippen molar-refractivity contribution in [3.63, 3.8) is 0 Å². The van der Waals surface area contributed by atoms with E-state index < -0.39 is 0 Å². The van der Waals surface area contributed by atoms with Gasteiger partial charge in [-0.1, -0.05) is 29.3 Å². The van der Waals surface area contributed by atoms with E-state index >= 15 is 0 Å². The Hall–Kier alpha value is -0.610. The quantitative estimate of drug-likeness (QED) is 0.896. The molecule has 0 saturated heterocycles. The highest BCUT2D eigenvalue weighted by atomic mass is 35.5. The third-order valence-corrected chi connectivity index (χ3v) is 3.61. The standard InChI is InChI=1S/C10H8Cl2N2S/c11-6-4-14-5-7(12)9(6)10(13)8-2-1-3-15-8/h1-5,10H,13H2/t10-/m1/s1. The van der Waals surface area contributed by atoms with Crippen molar-refractivity contribution in [2.24, 2.45) is 5.73 Å². The van der Waals surface area contributed by atoms with Crippen LogP contribution >= 0.6 is 34.5 Å². The largest absolute Gasteiger partial charge is 0.320 e. The van der Waals surface area contributed by atoms with Crippen LogP contribution in [0.5, 0.6) is 0 Å². The minimum atomic E-state index is -0.284. The maximum absolute atomic E-state index is 6.08. The molecule has 2 nitrogen and oxygen atoms in total. The SMILES string of the molecule is N[C@H](c1cccs1)c1c(Cl)cncc1Cl. The first-order valence-corrected chi connectivity index (χ1v) is 5.91. The van der Waals surface area contributed by atoms with E-state index in [4.69, 9.17) is 28.9 Å². The van der Waals surface area contributed by atoms with E-state index in [1.165, 1.54) is 0 Å². The van der Waals surface area contributed by atoms with Crippen LogP contribution in [0.1, 0.15) is 16.5 Å². The molecule has 0 radical (unpaired) electrons. The van der Waals surface area contributed by atoms with Crippen molar-refractivity contribution in [1.29, 1.82) is 0 Å². The van der Waals surface area contributed by atoms with Crippen LogP contribution in [0.25, 0.3) is 0 Å². The Kier molecular flexibility index (Phi) is 3.26. The number of thiophene rings is 1. The molecule has 0 bridgehead atoms. The zero-order chi connectivity index (χ0) is 10.8. The zero-order valence-electron chi connectivity index (χ0n) is 7.65. The van der Waals surface area contributed by atoms with Gasteiger partial charge in [-0.25, -0.2) is 0 Å². The van der Waals surface area contributed by atoms with Crippen molar-refractivity contribution in [3.05, 3.63) is 50.4 Å². The lowest BCUT2D eigenvalue weighted by molar-refractivity contribution is 0.890. The van der Waals surface area contributed by atoms with Gasteiger partial charge in [0, 0.05) is 22.8 Å². The fourth-order valence-corrected chi connectivity index (χ4v) is 2.66. The fraction of sp³-hybridized carbons (Fsp3) is 0.100. The second-order valence-electron chi connectivity index (χ2n) is 3.01. The topological polar surface area (TPSA) is 38.9 Å². The van der Waals surface area contributed by atoms with Crippen LogP contribution in [0.15, 0.2) is 29.9 Å². The average molecular weight is 259 g/mol. The monoisotopic (exact) mass is 258 g/mol. The van der Waals surface area contributed by atoms with Crippen LogP contribution < -0.4 is 5.73 Å². The number of aromatic nitrogens is 1. The van der Waals surface area contributed by atoms with Crippen molar-refractivity contribution >= 4 is 34.5 Å². The van der Waals surface area contributed by atoms with Crippen molar-refractivity contribution in [3.8, 4) is 0 Å². The lowest BCUT2D eigenvalue weighted by Crippen LogP contribution is -2.11. The van der Waals surface area contributed by atoms with Crippen molar-refractivity contribution in [2.75, 3.05) is 0 Å². The summed E-state index contributed by atoms with van der Waals surface area (Å²) in [6.07, 6.45) is 3.10. The maximum Gasteiger partial charge on any atom is 0.0676 e. The highest BCUT2D eigenvalue weighted by Crippen LogP contribution is 2.33. The zero-order valence-corrected chi connectivity index (χ0v) is 9.98. The second-order valence-corrected chi connectivity index (χ2v) is 4.80. The molecule has 0 aliphatic heterocycles. The van der Waals surface area contributed by atoms with E-state index in [1.54, 1.807) is 23.7 Å². The lowest BCUT2D eigenvalue weighted by atomic mass is 10.1. The summed E-state index contributed by atoms with van der Waals surface area (Å²) in [5.74, 6) is 0. The Bertz CT molecular complexity index is 436. The molecule has 0 aromatic carbocycles. The summed E-state index contributed by atoms with van der Waals surface area (Å²) < 4.78 is 0. The molecule has 0 spiro atoms. The van der Waals surface area contributed by atoms with Crippen LogP contribution in [0, 0.1) is 0 Å². The third-order valence-electron chi connectivity index (χ3n) is 2.05. The molecule has 2 aromatic heterocycles. The molecule has 78 valence electrons. The van der Waals surface area contributed by atoms with E-state index in [-0.39, 0.29) is 6.04 Å². The molecule has 0 amide bonds. The van der Waals surface area contributed by atoms with Crippen LogP contribution in [-0.2, 0) is 0 Å². The fourth-order valence-electron chi connectivity index (χ4n) is 1.33. The lowest BCUT2D eigenvalue weighted by Gasteiger charge is -2.13. The van der Waals surface area contributed by atoms with E-state index in [0.29, 0.717) is 10.0 Å². The summed E-state index contributed by atoms with van der Waals surface area (Å²) in [5, 5.41) is 2.98. The molecule has 2 heterocycles. The summed E-state index contributed by atoms with van der Waals surface area (Å²) in [4.78, 5) is 4.92. The van der Waals surface area contributed by atoms with Crippen LogP contribution in [0.3, 0.4) is 0 Å². The minimum Gasteiger partial charge on any atom is -0.320 e. The van der Waals surface area contributed by atoms with Gasteiger partial charge in [0.2, 0.25) is 0 Å². The summed E-state index contributed by atoms with van der Waals surface area (Å²) in [6, 6.07) is 3.62. The molecule has 0 aliphatic carbocycles. The molecule has 2 rings (SSSR count). The smallest absolute Gasteiger partial charge is 0.0676 e. The van der Waals surface area contributed by atoms with Gasteiger partial charge in [0.25, 0.3) is 0 Å². The first-order chi connectivity index (χ1) is 7.20. The first-order valence-electron chi connectivity index (χ1n) is 4.28. The van der Waals surface area contributed by atoms with E-state index in [9.17, 15) is 0 Å². The Morgan fingerprint density at radius 1 is 1.27 bits per heavy atom. The Morgan fingerprint density at radius 3 is 2.47 bits per heavy atom. The van der Waals surface area contributed by atoms with Gasteiger partial charge in [-0.15, -0.1) is 11.3 Å². The normalized spacial score (nSPS) is 12.7. The minimum absolute atomic E-state index is 0.284. The molecular formula is C10H8Cl2N2S. The Morgan fingerprint density at radius 2 is 1.93 bits per heavy atom. The van der Waals surface area contributed by atoms with Gasteiger partial charge >= 0.3 is 0 Å². The number of pyridine rings is 1. The van der Waals surface area contributed by atoms with Gasteiger partial charge < -0.3 is 5.73 Å². The first kappa shape index (κ1) is 10.9. The van der Waals surface area contributed by atoms with E-state index in [0.717, 1.165) is 10.4 Å². The number of halogens is 2. The van der Waals surface area contributed by atoms with Gasteiger partial charge in [-0.3, -0.25) is 4.98 Å². The maximum atomic E-state index is 6.08. The molecule has 0 saturated carbocycles. The molecular weight excluding hydrogens is 251 g/mol. The highest BCUT2D eigenvalue weighted by Gasteiger charge is 2.16. The number of rotatable bonds is 2. The highest BCUT2D eigenvalue weighted by molar-refractivity contribution is 7.10. The van der Waals surface area contributed by atoms with Crippen LogP contribution in [-0.4, -0.2) is 4.98 Å². The summed E-state index contributed by atoms with van der Waals surface area (Å²) in [7, 11) is 0. The van der Waals surface area contributed by atoms with Crippen molar-refractivity contribution in [1.82, 2.24) is 4.98 Å². The average Bonchev–Trinajstić information content (AvgIpc) is 2.69. The van der Waals surface area contributed by atoms with Gasteiger partial charge in [0.15, 0.2) is 0 Å². The Labute approximate surface area is 102 Å². The van der Waals surface area contributed by atoms with Gasteiger partial charge in [0.1, 0.15) is 0 Å². The molecule has 0 unspecified atom stereocenters. The van der Waals surface area contributed by atoms with Gasteiger partial charge in [0.05, 0.1) is 16.1 Å². The van der Waals surface area contributed by atoms with Gasteiger partial charge in [-0.2, -0.15) is 0 Å². The summed E-state index contributed by atoms with van der Waals surface area (Å²) in [6.45, 7) is 0. The number of nitrogens with zero attached hydrogens (tertiary/aromatic N) is 1. The molecule has 2 aromatic rings. The predicted octanol–water partition coefficient (Wildman–Crippen LogP) is 3.50. The number of hydrogen-bond donors (Lipinski definition) is 1. The molecule has 0 fully saturated rings. The Balaban J connectivity index is 2.46. The molecule has 15 heavy (non-hydrogen) atoms. The van der Waals surface area contributed by atoms with Gasteiger partial charge in [-0.05, 0) is 11.4 Å². The van der Waals surface area contributed by atoms with Crippen molar-refractivity contribution in [2.45, 2.75) is 6.04 Å². The van der Waals surface area contributed by atoms with Crippen LogP contribution in [0.4, 0.5) is 0 Å². The summed E-state index contributed by atoms with van der Waals surface area (Å²) in [5.41, 5.74) is 6.81. The van der Waals surface area contributed by atoms with E-state index in [2.05, 4.69) is 4.98 Å². The van der Waals surface area contributed by atoms with E-state index in [1.807, 2.05) is 17.5 Å². The second kappa shape index (κ2) is 4.49. The van der Waals surface area contributed by atoms with Crippen LogP contribution in [0.2, 0.25) is 10.0 Å². The number of nitrogens with two attached hydrogens (primary N) is 1. The third kappa shape index (κ3) is 2.16. The number of hydrogen-bond acceptors (Lipinski definition) is 3. The molecule has 2 N–H and O–H groups in total. The summed E-state index contributed by atoms with van der Waals surface area (Å²) >= 11 is 13.6. The molecule has 1 atom stereocenters. The molecule has 5 heteroatoms. The van der Waals surface area contributed by atoms with Crippen molar-refractivity contribution < 1.29 is 0 Å².